The number of methoxy groups -OCH3 is 2. The van der Waals surface area contributed by atoms with Crippen molar-refractivity contribution < 1.29 is 9.47 Å². The van der Waals surface area contributed by atoms with Crippen LogP contribution in [0.4, 0.5) is 5.82 Å². The lowest BCUT2D eigenvalue weighted by atomic mass is 10.1. The van der Waals surface area contributed by atoms with Crippen molar-refractivity contribution in [2.75, 3.05) is 45.4 Å². The number of halogens is 2. The third-order valence-corrected chi connectivity index (χ3v) is 4.87. The number of hydrogen-bond acceptors (Lipinski definition) is 6. The minimum absolute atomic E-state index is 0.464. The Hall–Kier alpha value is -1.93. The van der Waals surface area contributed by atoms with Crippen LogP contribution in [0.15, 0.2) is 18.3 Å². The van der Waals surface area contributed by atoms with Crippen molar-refractivity contribution >= 4 is 34.7 Å². The van der Waals surface area contributed by atoms with Gasteiger partial charge in [-0.15, -0.1) is 0 Å². The van der Waals surface area contributed by atoms with Gasteiger partial charge < -0.3 is 14.4 Å². The molecule has 0 atom stereocenters. The lowest BCUT2D eigenvalue weighted by molar-refractivity contribution is 0.190. The Labute approximate surface area is 174 Å². The summed E-state index contributed by atoms with van der Waals surface area (Å²) in [6.07, 6.45) is 1.58. The van der Waals surface area contributed by atoms with Crippen molar-refractivity contribution in [1.29, 1.82) is 0 Å². The van der Waals surface area contributed by atoms with Gasteiger partial charge in [0.05, 0.1) is 40.2 Å². The average molecular weight is 424 g/mol. The highest BCUT2D eigenvalue weighted by Gasteiger charge is 2.21. The highest BCUT2D eigenvalue weighted by atomic mass is 35.5. The summed E-state index contributed by atoms with van der Waals surface area (Å²) in [7, 11) is 3.37. The van der Waals surface area contributed by atoms with E-state index in [1.807, 2.05) is 24.4 Å². The molecule has 0 spiro atoms. The molecule has 150 valence electrons. The molecule has 0 aromatic carbocycles. The van der Waals surface area contributed by atoms with E-state index in [9.17, 15) is 0 Å². The molecular formula is C19H23Cl2N5O2. The van der Waals surface area contributed by atoms with Crippen LogP contribution in [0.2, 0.25) is 10.0 Å². The number of nitrogens with zero attached hydrogens (tertiary/aromatic N) is 5. The molecule has 0 N–H and O–H groups in total. The number of ether oxygens (including phenoxy) is 2. The lowest BCUT2D eigenvalue weighted by Crippen LogP contribution is -2.32. The standard InChI is InChI=1S/C19H23Cl2N5O2/c1-12-9-16(25(5-7-27-3)6-8-28-4)26-19(23-12)17(13(2)24-26)18-15(21)10-14(20)11-22-18/h9-11H,5-8H2,1-4H3. The first-order chi connectivity index (χ1) is 13.5. The van der Waals surface area contributed by atoms with E-state index in [1.165, 1.54) is 0 Å². The number of aryl methyl sites for hydroxylation is 2. The normalized spacial score (nSPS) is 11.4. The molecule has 3 rings (SSSR count). The van der Waals surface area contributed by atoms with Gasteiger partial charge in [-0.1, -0.05) is 23.2 Å². The van der Waals surface area contributed by atoms with Crippen LogP contribution in [0.3, 0.4) is 0 Å². The Morgan fingerprint density at radius 1 is 1.07 bits per heavy atom. The van der Waals surface area contributed by atoms with Gasteiger partial charge >= 0.3 is 0 Å². The number of pyridine rings is 1. The van der Waals surface area contributed by atoms with Gasteiger partial charge in [0.2, 0.25) is 0 Å². The van der Waals surface area contributed by atoms with Crippen LogP contribution in [0.5, 0.6) is 0 Å². The average Bonchev–Trinajstić information content (AvgIpc) is 2.97. The van der Waals surface area contributed by atoms with Gasteiger partial charge in [-0.05, 0) is 19.9 Å². The zero-order valence-corrected chi connectivity index (χ0v) is 17.9. The van der Waals surface area contributed by atoms with Crippen LogP contribution in [-0.4, -0.2) is 60.1 Å². The van der Waals surface area contributed by atoms with Crippen LogP contribution in [-0.2, 0) is 9.47 Å². The molecule has 28 heavy (non-hydrogen) atoms. The smallest absolute Gasteiger partial charge is 0.167 e. The van der Waals surface area contributed by atoms with E-state index in [4.69, 9.17) is 42.8 Å². The van der Waals surface area contributed by atoms with Crippen LogP contribution < -0.4 is 4.90 Å². The zero-order valence-electron chi connectivity index (χ0n) is 16.4. The minimum Gasteiger partial charge on any atom is -0.383 e. The summed E-state index contributed by atoms with van der Waals surface area (Å²) >= 11 is 12.4. The van der Waals surface area contributed by atoms with Crippen LogP contribution in [0.25, 0.3) is 16.9 Å². The van der Waals surface area contributed by atoms with E-state index < -0.39 is 0 Å². The molecule has 0 radical (unpaired) electrons. The fourth-order valence-corrected chi connectivity index (χ4v) is 3.54. The number of aromatic nitrogens is 4. The summed E-state index contributed by atoms with van der Waals surface area (Å²) in [6, 6.07) is 3.68. The van der Waals surface area contributed by atoms with E-state index in [1.54, 1.807) is 26.5 Å². The van der Waals surface area contributed by atoms with Crippen molar-refractivity contribution in [1.82, 2.24) is 19.6 Å². The maximum absolute atomic E-state index is 6.42. The molecule has 0 saturated heterocycles. The first kappa shape index (κ1) is 20.8. The van der Waals surface area contributed by atoms with E-state index in [-0.39, 0.29) is 0 Å². The van der Waals surface area contributed by atoms with Crippen LogP contribution in [0.1, 0.15) is 11.4 Å². The fraction of sp³-hybridized carbons (Fsp3) is 0.421. The lowest BCUT2D eigenvalue weighted by Gasteiger charge is -2.24. The van der Waals surface area contributed by atoms with E-state index in [2.05, 4.69) is 9.88 Å². The van der Waals surface area contributed by atoms with Gasteiger partial charge in [0, 0.05) is 45.3 Å². The Morgan fingerprint density at radius 3 is 2.36 bits per heavy atom. The number of anilines is 1. The molecule has 0 bridgehead atoms. The molecule has 0 aliphatic heterocycles. The molecule has 7 nitrogen and oxygen atoms in total. The Balaban J connectivity index is 2.18. The highest BCUT2D eigenvalue weighted by Crippen LogP contribution is 2.34. The molecule has 9 heteroatoms. The molecule has 3 aromatic heterocycles. The number of fused-ring (bicyclic) bond motifs is 1. The summed E-state index contributed by atoms with van der Waals surface area (Å²) < 4.78 is 12.4. The van der Waals surface area contributed by atoms with E-state index in [0.717, 1.165) is 22.8 Å². The molecule has 0 aliphatic carbocycles. The summed E-state index contributed by atoms with van der Waals surface area (Å²) in [5.41, 5.74) is 3.76. The van der Waals surface area contributed by atoms with Crippen molar-refractivity contribution in [3.05, 3.63) is 39.8 Å². The second-order valence-corrected chi connectivity index (χ2v) is 7.25. The van der Waals surface area contributed by atoms with Crippen LogP contribution >= 0.6 is 23.2 Å². The van der Waals surface area contributed by atoms with Gasteiger partial charge in [0.1, 0.15) is 5.82 Å². The van der Waals surface area contributed by atoms with E-state index >= 15 is 0 Å². The quantitative estimate of drug-likeness (QED) is 0.548. The first-order valence-electron chi connectivity index (χ1n) is 8.87. The predicted molar refractivity (Wildman–Crippen MR) is 112 cm³/mol. The summed E-state index contributed by atoms with van der Waals surface area (Å²) in [6.45, 7) is 6.45. The monoisotopic (exact) mass is 423 g/mol. The largest absolute Gasteiger partial charge is 0.383 e. The van der Waals surface area contributed by atoms with E-state index in [0.29, 0.717) is 47.7 Å². The van der Waals surface area contributed by atoms with Gasteiger partial charge in [-0.2, -0.15) is 9.61 Å². The highest BCUT2D eigenvalue weighted by molar-refractivity contribution is 6.36. The SMILES string of the molecule is COCCN(CCOC)c1cc(C)nc2c(-c3ncc(Cl)cc3Cl)c(C)nn12. The van der Waals surface area contributed by atoms with Crippen molar-refractivity contribution in [3.8, 4) is 11.3 Å². The molecule has 0 fully saturated rings. The molecule has 0 aliphatic rings. The second kappa shape index (κ2) is 9.05. The second-order valence-electron chi connectivity index (χ2n) is 6.41. The summed E-state index contributed by atoms with van der Waals surface area (Å²) in [4.78, 5) is 11.3. The third kappa shape index (κ3) is 4.22. The summed E-state index contributed by atoms with van der Waals surface area (Å²) in [5.74, 6) is 0.913. The third-order valence-electron chi connectivity index (χ3n) is 4.37. The van der Waals surface area contributed by atoms with Crippen molar-refractivity contribution in [3.63, 3.8) is 0 Å². The molecule has 3 aromatic rings. The van der Waals surface area contributed by atoms with Crippen LogP contribution in [0, 0.1) is 13.8 Å². The topological polar surface area (TPSA) is 64.8 Å². The Bertz CT molecular complexity index is 969. The Kier molecular flexibility index (Phi) is 6.72. The van der Waals surface area contributed by atoms with Gasteiger partial charge in [0.15, 0.2) is 5.65 Å². The molecular weight excluding hydrogens is 401 g/mol. The fourth-order valence-electron chi connectivity index (χ4n) is 3.07. The van der Waals surface area contributed by atoms with Crippen molar-refractivity contribution in [2.24, 2.45) is 0 Å². The minimum atomic E-state index is 0.464. The molecule has 0 unspecified atom stereocenters. The molecule has 0 amide bonds. The summed E-state index contributed by atoms with van der Waals surface area (Å²) in [5, 5.41) is 5.68. The van der Waals surface area contributed by atoms with Gasteiger partial charge in [0.25, 0.3) is 0 Å². The molecule has 0 saturated carbocycles. The maximum Gasteiger partial charge on any atom is 0.167 e. The van der Waals surface area contributed by atoms with Gasteiger partial charge in [-0.3, -0.25) is 4.98 Å². The zero-order chi connectivity index (χ0) is 20.3. The number of rotatable bonds is 8. The first-order valence-corrected chi connectivity index (χ1v) is 9.63. The Morgan fingerprint density at radius 2 is 1.75 bits per heavy atom. The number of hydrogen-bond donors (Lipinski definition) is 0. The van der Waals surface area contributed by atoms with Gasteiger partial charge in [-0.25, -0.2) is 4.98 Å². The van der Waals surface area contributed by atoms with Crippen molar-refractivity contribution in [2.45, 2.75) is 13.8 Å². The molecule has 3 heterocycles. The maximum atomic E-state index is 6.42. The predicted octanol–water partition coefficient (Wildman–Crippen LogP) is 3.81.